The summed E-state index contributed by atoms with van der Waals surface area (Å²) in [6, 6.07) is 12.3. The standard InChI is InChI=1S/C33H38F2N2O5S/c1-21-17-25-11-12-26(18-21)37(25)32(38)31(33(34,35)24-9-14-27(41-2)15-10-24)36-43(39,40)30-16-8-22-19-29(13-7-23(22)20-30)42-28-5-3-4-6-28/h7-10,13-16,19-21,25-26,28,31,36H,3-6,11-12,17-18H2,1-2H3. The van der Waals surface area contributed by atoms with Crippen LogP contribution in [-0.2, 0) is 20.7 Å². The number of amides is 1. The molecule has 3 aromatic carbocycles. The number of nitrogens with zero attached hydrogens (tertiary/aromatic N) is 1. The number of halogens is 2. The molecular formula is C33H38F2N2O5S. The molecule has 6 rings (SSSR count). The molecule has 2 heterocycles. The van der Waals surface area contributed by atoms with E-state index in [0.717, 1.165) is 43.9 Å². The van der Waals surface area contributed by atoms with Crippen LogP contribution in [0, 0.1) is 5.92 Å². The Kier molecular flexibility index (Phi) is 8.10. The van der Waals surface area contributed by atoms with Gasteiger partial charge in [-0.3, -0.25) is 4.79 Å². The number of alkyl halides is 2. The highest BCUT2D eigenvalue weighted by molar-refractivity contribution is 7.89. The van der Waals surface area contributed by atoms with Crippen molar-refractivity contribution in [3.63, 3.8) is 0 Å². The molecule has 0 radical (unpaired) electrons. The Balaban J connectivity index is 1.31. The molecule has 3 aliphatic rings. The van der Waals surface area contributed by atoms with Crippen molar-refractivity contribution in [3.05, 3.63) is 66.2 Å². The number of ether oxygens (including phenoxy) is 2. The molecule has 230 valence electrons. The molecule has 3 aromatic rings. The molecule has 10 heteroatoms. The summed E-state index contributed by atoms with van der Waals surface area (Å²) >= 11 is 0. The third-order valence-electron chi connectivity index (χ3n) is 9.28. The summed E-state index contributed by atoms with van der Waals surface area (Å²) in [6.07, 6.45) is 7.38. The highest BCUT2D eigenvalue weighted by Gasteiger charge is 2.53. The van der Waals surface area contributed by atoms with Gasteiger partial charge in [-0.2, -0.15) is 13.5 Å². The summed E-state index contributed by atoms with van der Waals surface area (Å²) in [4.78, 5) is 15.3. The summed E-state index contributed by atoms with van der Waals surface area (Å²) < 4.78 is 73.4. The number of hydrogen-bond donors (Lipinski definition) is 1. The van der Waals surface area contributed by atoms with Crippen LogP contribution < -0.4 is 14.2 Å². The molecule has 2 bridgehead atoms. The van der Waals surface area contributed by atoms with Gasteiger partial charge >= 0.3 is 0 Å². The lowest BCUT2D eigenvalue weighted by Crippen LogP contribution is -2.59. The Labute approximate surface area is 251 Å². The summed E-state index contributed by atoms with van der Waals surface area (Å²) in [5.74, 6) is -3.26. The zero-order valence-electron chi connectivity index (χ0n) is 24.5. The summed E-state index contributed by atoms with van der Waals surface area (Å²) in [5.41, 5.74) is -0.472. The van der Waals surface area contributed by atoms with Crippen molar-refractivity contribution in [1.82, 2.24) is 9.62 Å². The van der Waals surface area contributed by atoms with Crippen molar-refractivity contribution in [2.75, 3.05) is 7.11 Å². The number of carbonyl (C=O) groups excluding carboxylic acids is 1. The number of benzene rings is 3. The van der Waals surface area contributed by atoms with Crippen LogP contribution in [0.5, 0.6) is 11.5 Å². The van der Waals surface area contributed by atoms with Crippen LogP contribution in [0.3, 0.4) is 0 Å². The SMILES string of the molecule is COc1ccc(C(F)(F)C(NS(=O)(=O)c2ccc3cc(OC4CCCC4)ccc3c2)C(=O)N2C3CCC2CC(C)C3)cc1. The Morgan fingerprint density at radius 1 is 0.907 bits per heavy atom. The van der Waals surface area contributed by atoms with Gasteiger partial charge < -0.3 is 14.4 Å². The van der Waals surface area contributed by atoms with Crippen LogP contribution in [-0.4, -0.2) is 50.6 Å². The fourth-order valence-electron chi connectivity index (χ4n) is 7.08. The van der Waals surface area contributed by atoms with Gasteiger partial charge in [0.05, 0.1) is 18.1 Å². The molecular weight excluding hydrogens is 574 g/mol. The molecule has 1 saturated carbocycles. The summed E-state index contributed by atoms with van der Waals surface area (Å²) in [7, 11) is -3.10. The molecule has 2 saturated heterocycles. The Hall–Kier alpha value is -3.24. The molecule has 2 aliphatic heterocycles. The first kappa shape index (κ1) is 29.8. The van der Waals surface area contributed by atoms with E-state index in [0.29, 0.717) is 35.6 Å². The lowest BCUT2D eigenvalue weighted by Gasteiger charge is -2.41. The molecule has 1 aliphatic carbocycles. The predicted octanol–water partition coefficient (Wildman–Crippen LogP) is 6.40. The molecule has 7 nitrogen and oxygen atoms in total. The van der Waals surface area contributed by atoms with Crippen molar-refractivity contribution < 1.29 is 31.5 Å². The Morgan fingerprint density at radius 3 is 2.16 bits per heavy atom. The van der Waals surface area contributed by atoms with E-state index in [4.69, 9.17) is 9.47 Å². The van der Waals surface area contributed by atoms with Crippen LogP contribution in [0.15, 0.2) is 65.6 Å². The van der Waals surface area contributed by atoms with Crippen LogP contribution in [0.2, 0.25) is 0 Å². The number of sulfonamides is 1. The van der Waals surface area contributed by atoms with E-state index >= 15 is 8.78 Å². The minimum Gasteiger partial charge on any atom is -0.497 e. The minimum absolute atomic E-state index is 0.179. The van der Waals surface area contributed by atoms with Gasteiger partial charge in [-0.1, -0.05) is 19.1 Å². The summed E-state index contributed by atoms with van der Waals surface area (Å²) in [5, 5.41) is 1.39. The second-order valence-corrected chi connectivity index (χ2v) is 14.0. The quantitative estimate of drug-likeness (QED) is 0.303. The van der Waals surface area contributed by atoms with Gasteiger partial charge in [0.1, 0.15) is 11.5 Å². The van der Waals surface area contributed by atoms with Gasteiger partial charge in [0.25, 0.3) is 5.92 Å². The first-order chi connectivity index (χ1) is 20.5. The lowest BCUT2D eigenvalue weighted by atomic mass is 9.91. The Bertz CT molecular complexity index is 1580. The minimum atomic E-state index is -4.53. The molecule has 1 N–H and O–H groups in total. The van der Waals surface area contributed by atoms with Crippen molar-refractivity contribution in [2.24, 2.45) is 5.92 Å². The van der Waals surface area contributed by atoms with E-state index in [1.54, 1.807) is 18.2 Å². The maximum absolute atomic E-state index is 16.3. The number of hydrogen-bond acceptors (Lipinski definition) is 5. The van der Waals surface area contributed by atoms with Crippen LogP contribution in [0.4, 0.5) is 8.78 Å². The van der Waals surface area contributed by atoms with Crippen LogP contribution >= 0.6 is 0 Å². The van der Waals surface area contributed by atoms with Crippen molar-refractivity contribution in [2.45, 2.75) is 93.3 Å². The average Bonchev–Trinajstić information content (AvgIpc) is 3.60. The highest BCUT2D eigenvalue weighted by atomic mass is 32.2. The Morgan fingerprint density at radius 2 is 1.51 bits per heavy atom. The van der Waals surface area contributed by atoms with Gasteiger partial charge in [0, 0.05) is 17.6 Å². The van der Waals surface area contributed by atoms with Gasteiger partial charge in [0.15, 0.2) is 6.04 Å². The molecule has 3 unspecified atom stereocenters. The van der Waals surface area contributed by atoms with Crippen molar-refractivity contribution in [1.29, 1.82) is 0 Å². The first-order valence-electron chi connectivity index (χ1n) is 15.1. The largest absolute Gasteiger partial charge is 0.497 e. The van der Waals surface area contributed by atoms with E-state index in [2.05, 4.69) is 11.6 Å². The van der Waals surface area contributed by atoms with Gasteiger partial charge in [-0.25, -0.2) is 8.42 Å². The third-order valence-corrected chi connectivity index (χ3v) is 10.7. The van der Waals surface area contributed by atoms with Gasteiger partial charge in [-0.15, -0.1) is 0 Å². The smallest absolute Gasteiger partial charge is 0.298 e. The molecule has 3 atom stereocenters. The molecule has 3 fully saturated rings. The van der Waals surface area contributed by atoms with Gasteiger partial charge in [-0.05, 0) is 117 Å². The second-order valence-electron chi connectivity index (χ2n) is 12.3. The van der Waals surface area contributed by atoms with Crippen LogP contribution in [0.1, 0.15) is 63.9 Å². The van der Waals surface area contributed by atoms with E-state index in [-0.39, 0.29) is 23.1 Å². The normalized spacial score (nSPS) is 23.4. The molecule has 0 aromatic heterocycles. The summed E-state index contributed by atoms with van der Waals surface area (Å²) in [6.45, 7) is 2.10. The first-order valence-corrected chi connectivity index (χ1v) is 16.6. The number of carbonyl (C=O) groups is 1. The number of fused-ring (bicyclic) bond motifs is 3. The maximum atomic E-state index is 16.3. The molecule has 43 heavy (non-hydrogen) atoms. The zero-order chi connectivity index (χ0) is 30.4. The maximum Gasteiger partial charge on any atom is 0.298 e. The monoisotopic (exact) mass is 612 g/mol. The second kappa shape index (κ2) is 11.7. The van der Waals surface area contributed by atoms with Crippen molar-refractivity contribution >= 4 is 26.7 Å². The third kappa shape index (κ3) is 5.96. The van der Waals surface area contributed by atoms with E-state index < -0.39 is 33.5 Å². The fraction of sp³-hybridized carbons (Fsp3) is 0.485. The predicted molar refractivity (Wildman–Crippen MR) is 160 cm³/mol. The lowest BCUT2D eigenvalue weighted by molar-refractivity contribution is -0.149. The topological polar surface area (TPSA) is 84.9 Å². The van der Waals surface area contributed by atoms with E-state index in [1.165, 1.54) is 48.4 Å². The number of rotatable bonds is 9. The average molecular weight is 613 g/mol. The number of nitrogens with one attached hydrogen (secondary N) is 1. The van der Waals surface area contributed by atoms with E-state index in [1.807, 2.05) is 6.07 Å². The number of methoxy groups -OCH3 is 1. The van der Waals surface area contributed by atoms with Crippen molar-refractivity contribution in [3.8, 4) is 11.5 Å². The van der Waals surface area contributed by atoms with Gasteiger partial charge in [0.2, 0.25) is 15.9 Å². The molecule has 0 spiro atoms. The van der Waals surface area contributed by atoms with E-state index in [9.17, 15) is 13.2 Å². The fourth-order valence-corrected chi connectivity index (χ4v) is 8.31. The van der Waals surface area contributed by atoms with Crippen LogP contribution in [0.25, 0.3) is 10.8 Å². The highest BCUT2D eigenvalue weighted by Crippen LogP contribution is 2.42. The number of piperidine rings is 1. The molecule has 1 amide bonds. The zero-order valence-corrected chi connectivity index (χ0v) is 25.3.